The van der Waals surface area contributed by atoms with Crippen LogP contribution < -0.4 is 10.6 Å². The van der Waals surface area contributed by atoms with E-state index in [1.165, 1.54) is 0 Å². The number of aliphatic hydroxyl groups excluding tert-OH is 1. The van der Waals surface area contributed by atoms with Crippen LogP contribution in [0.2, 0.25) is 5.02 Å². The molecule has 3 N–H and O–H groups in total. The Bertz CT molecular complexity index is 582. The summed E-state index contributed by atoms with van der Waals surface area (Å²) in [4.78, 5) is 11.8. The first kappa shape index (κ1) is 15.4. The molecule has 21 heavy (non-hydrogen) atoms. The summed E-state index contributed by atoms with van der Waals surface area (Å²) in [6.45, 7) is 0.556. The van der Waals surface area contributed by atoms with Crippen molar-refractivity contribution in [2.75, 3.05) is 11.9 Å². The highest BCUT2D eigenvalue weighted by molar-refractivity contribution is 6.30. The van der Waals surface area contributed by atoms with Crippen LogP contribution in [0.25, 0.3) is 0 Å². The topological polar surface area (TPSA) is 61.4 Å². The minimum Gasteiger partial charge on any atom is -0.396 e. The van der Waals surface area contributed by atoms with E-state index in [2.05, 4.69) is 10.6 Å². The summed E-state index contributed by atoms with van der Waals surface area (Å²) < 4.78 is 0. The highest BCUT2D eigenvalue weighted by Crippen LogP contribution is 2.11. The van der Waals surface area contributed by atoms with Gasteiger partial charge in [0.25, 0.3) is 0 Å². The molecule has 0 aromatic heterocycles. The van der Waals surface area contributed by atoms with Crippen molar-refractivity contribution >= 4 is 23.3 Å². The van der Waals surface area contributed by atoms with Crippen LogP contribution in [-0.2, 0) is 13.0 Å². The number of amides is 2. The van der Waals surface area contributed by atoms with Crippen molar-refractivity contribution in [3.05, 3.63) is 64.7 Å². The van der Waals surface area contributed by atoms with E-state index in [-0.39, 0.29) is 12.6 Å². The molecule has 0 aliphatic rings. The first-order chi connectivity index (χ1) is 10.2. The van der Waals surface area contributed by atoms with Gasteiger partial charge in [-0.25, -0.2) is 4.79 Å². The van der Waals surface area contributed by atoms with Gasteiger partial charge in [-0.3, -0.25) is 0 Å². The zero-order valence-corrected chi connectivity index (χ0v) is 12.2. The van der Waals surface area contributed by atoms with E-state index in [1.807, 2.05) is 36.4 Å². The second-order valence-corrected chi connectivity index (χ2v) is 5.04. The predicted molar refractivity (Wildman–Crippen MR) is 84.5 cm³/mol. The summed E-state index contributed by atoms with van der Waals surface area (Å²) in [5, 5.41) is 15.0. The van der Waals surface area contributed by atoms with Crippen molar-refractivity contribution in [2.45, 2.75) is 13.0 Å². The number of rotatable bonds is 5. The Hall–Kier alpha value is -2.04. The number of benzene rings is 2. The van der Waals surface area contributed by atoms with E-state index in [9.17, 15) is 4.79 Å². The third kappa shape index (κ3) is 5.10. The molecule has 0 atom stereocenters. The zero-order chi connectivity index (χ0) is 15.1. The number of carbonyl (C=O) groups excluding carboxylic acids is 1. The maximum absolute atomic E-state index is 11.8. The Labute approximate surface area is 128 Å². The maximum Gasteiger partial charge on any atom is 0.319 e. The molecular formula is C16H17ClN2O2. The van der Waals surface area contributed by atoms with E-state index in [1.54, 1.807) is 12.1 Å². The van der Waals surface area contributed by atoms with Crippen LogP contribution in [-0.4, -0.2) is 17.7 Å². The molecule has 2 rings (SSSR count). The van der Waals surface area contributed by atoms with Gasteiger partial charge in [-0.2, -0.15) is 0 Å². The van der Waals surface area contributed by atoms with Crippen LogP contribution in [0.1, 0.15) is 11.1 Å². The SMILES string of the molecule is O=C(NCc1ccc(Cl)cc1)Nc1ccc(CCO)cc1. The van der Waals surface area contributed by atoms with Crippen LogP contribution in [0.15, 0.2) is 48.5 Å². The van der Waals surface area contributed by atoms with Crippen LogP contribution in [0.3, 0.4) is 0 Å². The third-order valence-corrected chi connectivity index (χ3v) is 3.23. The van der Waals surface area contributed by atoms with Gasteiger partial charge in [0, 0.05) is 23.9 Å². The standard InChI is InChI=1S/C16H17ClN2O2/c17-14-5-1-13(2-6-14)11-18-16(21)19-15-7-3-12(4-8-15)9-10-20/h1-8,20H,9-11H2,(H2,18,19,21). The monoisotopic (exact) mass is 304 g/mol. The first-order valence-corrected chi connectivity index (χ1v) is 7.04. The molecule has 0 bridgehead atoms. The van der Waals surface area contributed by atoms with E-state index in [0.29, 0.717) is 23.7 Å². The fourth-order valence-electron chi connectivity index (χ4n) is 1.84. The second-order valence-electron chi connectivity index (χ2n) is 4.60. The van der Waals surface area contributed by atoms with Gasteiger partial charge < -0.3 is 15.7 Å². The molecule has 0 aliphatic heterocycles. The van der Waals surface area contributed by atoms with Gasteiger partial charge in [0.2, 0.25) is 0 Å². The van der Waals surface area contributed by atoms with Crippen molar-refractivity contribution in [2.24, 2.45) is 0 Å². The number of hydrogen-bond acceptors (Lipinski definition) is 2. The molecule has 4 nitrogen and oxygen atoms in total. The lowest BCUT2D eigenvalue weighted by atomic mass is 10.1. The average Bonchev–Trinajstić information content (AvgIpc) is 2.49. The molecule has 0 unspecified atom stereocenters. The van der Waals surface area contributed by atoms with Crippen LogP contribution in [0.4, 0.5) is 10.5 Å². The van der Waals surface area contributed by atoms with Crippen molar-refractivity contribution in [1.82, 2.24) is 5.32 Å². The molecule has 0 radical (unpaired) electrons. The van der Waals surface area contributed by atoms with Gasteiger partial charge in [-0.15, -0.1) is 0 Å². The van der Waals surface area contributed by atoms with Crippen molar-refractivity contribution in [3.63, 3.8) is 0 Å². The van der Waals surface area contributed by atoms with Gasteiger partial charge in [0.05, 0.1) is 0 Å². The fourth-order valence-corrected chi connectivity index (χ4v) is 1.97. The molecule has 0 aliphatic carbocycles. The van der Waals surface area contributed by atoms with E-state index < -0.39 is 0 Å². The molecule has 110 valence electrons. The smallest absolute Gasteiger partial charge is 0.319 e. The molecule has 0 saturated heterocycles. The molecular weight excluding hydrogens is 288 g/mol. The van der Waals surface area contributed by atoms with E-state index in [4.69, 9.17) is 16.7 Å². The lowest BCUT2D eigenvalue weighted by Crippen LogP contribution is -2.28. The Morgan fingerprint density at radius 1 is 1.00 bits per heavy atom. The number of halogens is 1. The quantitative estimate of drug-likeness (QED) is 0.794. The van der Waals surface area contributed by atoms with Gasteiger partial charge in [0.15, 0.2) is 0 Å². The second kappa shape index (κ2) is 7.67. The molecule has 2 amide bonds. The van der Waals surface area contributed by atoms with Gasteiger partial charge >= 0.3 is 6.03 Å². The Kier molecular flexibility index (Phi) is 5.60. The lowest BCUT2D eigenvalue weighted by Gasteiger charge is -2.08. The van der Waals surface area contributed by atoms with Crippen LogP contribution >= 0.6 is 11.6 Å². The van der Waals surface area contributed by atoms with Gasteiger partial charge in [0.1, 0.15) is 0 Å². The van der Waals surface area contributed by atoms with Gasteiger partial charge in [-0.1, -0.05) is 35.9 Å². The van der Waals surface area contributed by atoms with E-state index in [0.717, 1.165) is 11.1 Å². The highest BCUT2D eigenvalue weighted by atomic mass is 35.5. The molecule has 2 aromatic carbocycles. The van der Waals surface area contributed by atoms with Crippen molar-refractivity contribution < 1.29 is 9.90 Å². The van der Waals surface area contributed by atoms with Crippen LogP contribution in [0, 0.1) is 0 Å². The number of carbonyl (C=O) groups is 1. The molecule has 2 aromatic rings. The molecule has 0 saturated carbocycles. The molecule has 0 heterocycles. The number of urea groups is 1. The Balaban J connectivity index is 1.82. The molecule has 5 heteroatoms. The molecule has 0 fully saturated rings. The summed E-state index contributed by atoms with van der Waals surface area (Å²) in [5.41, 5.74) is 2.72. The van der Waals surface area contributed by atoms with E-state index >= 15 is 0 Å². The minimum atomic E-state index is -0.264. The summed E-state index contributed by atoms with van der Waals surface area (Å²) in [7, 11) is 0. The Morgan fingerprint density at radius 2 is 1.62 bits per heavy atom. The summed E-state index contributed by atoms with van der Waals surface area (Å²) >= 11 is 5.80. The summed E-state index contributed by atoms with van der Waals surface area (Å²) in [5.74, 6) is 0. The normalized spacial score (nSPS) is 10.2. The first-order valence-electron chi connectivity index (χ1n) is 6.66. The zero-order valence-electron chi connectivity index (χ0n) is 11.5. The summed E-state index contributed by atoms with van der Waals surface area (Å²) in [6, 6.07) is 14.4. The highest BCUT2D eigenvalue weighted by Gasteiger charge is 2.02. The predicted octanol–water partition coefficient (Wildman–Crippen LogP) is 3.20. The van der Waals surface area contributed by atoms with Gasteiger partial charge in [-0.05, 0) is 41.8 Å². The fraction of sp³-hybridized carbons (Fsp3) is 0.188. The average molecular weight is 305 g/mol. The lowest BCUT2D eigenvalue weighted by molar-refractivity contribution is 0.251. The van der Waals surface area contributed by atoms with Crippen LogP contribution in [0.5, 0.6) is 0 Å². The Morgan fingerprint density at radius 3 is 2.24 bits per heavy atom. The number of anilines is 1. The maximum atomic E-state index is 11.8. The van der Waals surface area contributed by atoms with Crippen molar-refractivity contribution in [3.8, 4) is 0 Å². The largest absolute Gasteiger partial charge is 0.396 e. The summed E-state index contributed by atoms with van der Waals surface area (Å²) in [6.07, 6.45) is 0.614. The number of aliphatic hydroxyl groups is 1. The number of nitrogens with one attached hydrogen (secondary N) is 2. The number of hydrogen-bond donors (Lipinski definition) is 3. The van der Waals surface area contributed by atoms with Crippen molar-refractivity contribution in [1.29, 1.82) is 0 Å². The molecule has 0 spiro atoms. The minimum absolute atomic E-state index is 0.119. The third-order valence-electron chi connectivity index (χ3n) is 2.98.